The molecule has 0 fully saturated rings. The average Bonchev–Trinajstić information content (AvgIpc) is 3.27. The zero-order valence-electron chi connectivity index (χ0n) is 18.0. The van der Waals surface area contributed by atoms with Crippen LogP contribution in [0.2, 0.25) is 0 Å². The molecular weight excluding hydrogens is 368 g/mol. The van der Waals surface area contributed by atoms with E-state index in [0.29, 0.717) is 0 Å². The van der Waals surface area contributed by atoms with Crippen molar-refractivity contribution in [2.45, 2.75) is 57.5 Å². The quantitative estimate of drug-likeness (QED) is 0.521. The number of amides is 1. The van der Waals surface area contributed by atoms with Crippen molar-refractivity contribution in [2.24, 2.45) is 7.05 Å². The van der Waals surface area contributed by atoms with Crippen LogP contribution in [-0.2, 0) is 18.3 Å². The van der Waals surface area contributed by atoms with Crippen LogP contribution in [0.3, 0.4) is 0 Å². The van der Waals surface area contributed by atoms with E-state index in [1.54, 1.807) is 0 Å². The van der Waals surface area contributed by atoms with Crippen LogP contribution in [0.5, 0.6) is 0 Å². The number of aromatic nitrogens is 1. The molecule has 1 aliphatic heterocycles. The summed E-state index contributed by atoms with van der Waals surface area (Å²) in [5.74, 6) is 0.281. The average molecular weight is 399 g/mol. The van der Waals surface area contributed by atoms with Gasteiger partial charge in [-0.15, -0.1) is 0 Å². The van der Waals surface area contributed by atoms with Gasteiger partial charge in [-0.1, -0.05) is 48.5 Å². The van der Waals surface area contributed by atoms with Gasteiger partial charge in [0.25, 0.3) is 5.91 Å². The maximum Gasteiger partial charge on any atom is 0.250 e. The number of carbonyl (C=O) groups is 1. The third-order valence-corrected chi connectivity index (χ3v) is 7.00. The van der Waals surface area contributed by atoms with Crippen LogP contribution in [-0.4, -0.2) is 21.4 Å². The molecule has 0 spiro atoms. The third-order valence-electron chi connectivity index (χ3n) is 7.00. The Morgan fingerprint density at radius 3 is 2.57 bits per heavy atom. The number of para-hydroxylation sites is 1. The van der Waals surface area contributed by atoms with Crippen molar-refractivity contribution >= 4 is 16.8 Å². The predicted molar refractivity (Wildman–Crippen MR) is 122 cm³/mol. The van der Waals surface area contributed by atoms with E-state index in [4.69, 9.17) is 0 Å². The highest BCUT2D eigenvalue weighted by molar-refractivity contribution is 5.99. The Bertz CT molecular complexity index is 1110. The van der Waals surface area contributed by atoms with Gasteiger partial charge in [0.2, 0.25) is 0 Å². The van der Waals surface area contributed by atoms with Gasteiger partial charge in [0, 0.05) is 41.3 Å². The first kappa shape index (κ1) is 19.2. The highest BCUT2D eigenvalue weighted by Gasteiger charge is 2.43. The Balaban J connectivity index is 1.52. The number of carbonyl (C=O) groups excluding carboxylic acids is 1. The molecule has 5 rings (SSSR count). The van der Waals surface area contributed by atoms with Crippen LogP contribution in [0.1, 0.15) is 56.2 Å². The zero-order valence-corrected chi connectivity index (χ0v) is 18.0. The lowest BCUT2D eigenvalue weighted by Crippen LogP contribution is -2.38. The van der Waals surface area contributed by atoms with Gasteiger partial charge >= 0.3 is 0 Å². The summed E-state index contributed by atoms with van der Waals surface area (Å²) in [5.41, 5.74) is 6.36. The van der Waals surface area contributed by atoms with E-state index in [2.05, 4.69) is 84.2 Å². The standard InChI is InChI=1S/C27H30N2O/c1-19(16-17-20-10-4-3-5-11-20)29-26(22-13-6-7-14-23(22)27(29)30)24-18-28(2)25-15-9-8-12-21(24)25/h3-5,8-12,15,18-19,26H,6-7,13-14,16-17H2,1-2H3. The fraction of sp³-hybridized carbons (Fsp3) is 0.370. The summed E-state index contributed by atoms with van der Waals surface area (Å²) in [6, 6.07) is 19.5. The van der Waals surface area contributed by atoms with Crippen molar-refractivity contribution in [1.82, 2.24) is 9.47 Å². The third kappa shape index (κ3) is 3.17. The molecule has 0 N–H and O–H groups in total. The summed E-state index contributed by atoms with van der Waals surface area (Å²) in [6.45, 7) is 2.23. The lowest BCUT2D eigenvalue weighted by Gasteiger charge is -2.33. The van der Waals surface area contributed by atoms with Gasteiger partial charge in [0.1, 0.15) is 0 Å². The molecule has 3 aromatic rings. The molecule has 1 amide bonds. The molecule has 3 nitrogen and oxygen atoms in total. The van der Waals surface area contributed by atoms with Crippen molar-refractivity contribution < 1.29 is 4.79 Å². The fourth-order valence-electron chi connectivity index (χ4n) is 5.46. The number of hydrogen-bond donors (Lipinski definition) is 0. The Labute approximate surface area is 179 Å². The first-order valence-corrected chi connectivity index (χ1v) is 11.3. The summed E-state index contributed by atoms with van der Waals surface area (Å²) in [7, 11) is 2.11. The van der Waals surface area contributed by atoms with Crippen molar-refractivity contribution in [2.75, 3.05) is 0 Å². The normalized spacial score (nSPS) is 20.1. The van der Waals surface area contributed by atoms with Crippen molar-refractivity contribution in [3.05, 3.63) is 83.1 Å². The highest BCUT2D eigenvalue weighted by atomic mass is 16.2. The lowest BCUT2D eigenvalue weighted by atomic mass is 9.87. The Kier molecular flexibility index (Phi) is 4.98. The second-order valence-corrected chi connectivity index (χ2v) is 8.91. The SMILES string of the molecule is CC(CCc1ccccc1)N1C(=O)C2=C(CCCC2)C1c1cn(C)c2ccccc12. The van der Waals surface area contributed by atoms with Gasteiger partial charge in [-0.05, 0) is 62.7 Å². The minimum atomic E-state index is 0.0877. The molecule has 0 radical (unpaired) electrons. The molecule has 2 heterocycles. The van der Waals surface area contributed by atoms with E-state index >= 15 is 0 Å². The number of hydrogen-bond acceptors (Lipinski definition) is 1. The van der Waals surface area contributed by atoms with Crippen molar-refractivity contribution in [1.29, 1.82) is 0 Å². The second kappa shape index (κ2) is 7.79. The van der Waals surface area contributed by atoms with E-state index in [0.717, 1.165) is 37.7 Å². The molecule has 1 aliphatic carbocycles. The monoisotopic (exact) mass is 398 g/mol. The van der Waals surface area contributed by atoms with Gasteiger partial charge in [-0.25, -0.2) is 0 Å². The first-order valence-electron chi connectivity index (χ1n) is 11.3. The number of aryl methyl sites for hydroxylation is 2. The van der Waals surface area contributed by atoms with Gasteiger partial charge in [0.15, 0.2) is 0 Å². The van der Waals surface area contributed by atoms with E-state index in [-0.39, 0.29) is 18.0 Å². The van der Waals surface area contributed by atoms with Gasteiger partial charge < -0.3 is 9.47 Å². The van der Waals surface area contributed by atoms with Gasteiger partial charge in [-0.2, -0.15) is 0 Å². The van der Waals surface area contributed by atoms with Gasteiger partial charge in [0.05, 0.1) is 6.04 Å². The molecule has 1 aromatic heterocycles. The molecule has 30 heavy (non-hydrogen) atoms. The summed E-state index contributed by atoms with van der Waals surface area (Å²) in [5, 5.41) is 1.28. The summed E-state index contributed by atoms with van der Waals surface area (Å²) in [6.07, 6.45) is 8.56. The van der Waals surface area contributed by atoms with Crippen molar-refractivity contribution in [3.8, 4) is 0 Å². The van der Waals surface area contributed by atoms with Crippen LogP contribution in [0.4, 0.5) is 0 Å². The van der Waals surface area contributed by atoms with E-state index in [1.165, 1.54) is 34.0 Å². The summed E-state index contributed by atoms with van der Waals surface area (Å²) < 4.78 is 2.21. The Morgan fingerprint density at radius 1 is 1.00 bits per heavy atom. The Morgan fingerprint density at radius 2 is 1.73 bits per heavy atom. The molecule has 3 heteroatoms. The predicted octanol–water partition coefficient (Wildman–Crippen LogP) is 5.95. The largest absolute Gasteiger partial charge is 0.350 e. The molecular formula is C27H30N2O. The maximum absolute atomic E-state index is 13.6. The summed E-state index contributed by atoms with van der Waals surface area (Å²) in [4.78, 5) is 15.8. The molecule has 0 saturated carbocycles. The highest BCUT2D eigenvalue weighted by Crippen LogP contribution is 2.47. The first-order chi connectivity index (χ1) is 14.6. The molecule has 154 valence electrons. The molecule has 0 saturated heterocycles. The van der Waals surface area contributed by atoms with Crippen molar-refractivity contribution in [3.63, 3.8) is 0 Å². The maximum atomic E-state index is 13.6. The topological polar surface area (TPSA) is 25.2 Å². The molecule has 2 unspecified atom stereocenters. The zero-order chi connectivity index (χ0) is 20.7. The summed E-state index contributed by atoms with van der Waals surface area (Å²) >= 11 is 0. The number of benzene rings is 2. The van der Waals surface area contributed by atoms with Gasteiger partial charge in [-0.3, -0.25) is 4.79 Å². The second-order valence-electron chi connectivity index (χ2n) is 8.91. The number of nitrogens with zero attached hydrogens (tertiary/aromatic N) is 2. The van der Waals surface area contributed by atoms with E-state index in [1.807, 2.05) is 0 Å². The molecule has 2 aliphatic rings. The van der Waals surface area contributed by atoms with Crippen LogP contribution in [0.25, 0.3) is 10.9 Å². The molecule has 2 atom stereocenters. The molecule has 2 aromatic carbocycles. The fourth-order valence-corrected chi connectivity index (χ4v) is 5.46. The number of rotatable bonds is 5. The van der Waals surface area contributed by atoms with E-state index < -0.39 is 0 Å². The minimum Gasteiger partial charge on any atom is -0.350 e. The lowest BCUT2D eigenvalue weighted by molar-refractivity contribution is -0.129. The van der Waals surface area contributed by atoms with E-state index in [9.17, 15) is 4.79 Å². The smallest absolute Gasteiger partial charge is 0.250 e. The molecule has 0 bridgehead atoms. The Hall–Kier alpha value is -2.81. The minimum absolute atomic E-state index is 0.0877. The van der Waals surface area contributed by atoms with Crippen LogP contribution in [0, 0.1) is 0 Å². The number of fused-ring (bicyclic) bond motifs is 1. The van der Waals surface area contributed by atoms with Crippen LogP contribution in [0.15, 0.2) is 71.9 Å². The van der Waals surface area contributed by atoms with Crippen LogP contribution >= 0.6 is 0 Å². The van der Waals surface area contributed by atoms with Crippen LogP contribution < -0.4 is 0 Å².